The number of hydrogen-bond acceptors (Lipinski definition) is 3. The molecule has 1 rings (SSSR count). The van der Waals surface area contributed by atoms with Crippen molar-refractivity contribution in [1.29, 1.82) is 0 Å². The van der Waals surface area contributed by atoms with Crippen molar-refractivity contribution in [1.82, 2.24) is 5.32 Å². The van der Waals surface area contributed by atoms with Gasteiger partial charge in [-0.1, -0.05) is 25.4 Å². The Kier molecular flexibility index (Phi) is 7.02. The average molecular weight is 318 g/mol. The molecule has 0 aliphatic heterocycles. The Morgan fingerprint density at radius 1 is 1.35 bits per heavy atom. The number of carbonyl (C=O) groups is 2. The van der Waals surface area contributed by atoms with Gasteiger partial charge in [0.25, 0.3) is 5.91 Å². The van der Waals surface area contributed by atoms with Crippen LogP contribution in [0.3, 0.4) is 0 Å². The summed E-state index contributed by atoms with van der Waals surface area (Å²) in [6.07, 6.45) is 1.61. The number of amides is 1. The van der Waals surface area contributed by atoms with Crippen LogP contribution in [0.1, 0.15) is 42.8 Å². The molecule has 1 amide bonds. The maximum absolute atomic E-state index is 11.8. The lowest BCUT2D eigenvalue weighted by Gasteiger charge is -2.20. The SMILES string of the molecule is CC(C)C(CCNC(=O)c1ccc(Cl)s1)CCC(=O)O. The second-order valence-corrected chi connectivity index (χ2v) is 6.80. The molecule has 1 unspecified atom stereocenters. The fraction of sp³-hybridized carbons (Fsp3) is 0.571. The minimum Gasteiger partial charge on any atom is -0.481 e. The van der Waals surface area contributed by atoms with Crippen LogP contribution >= 0.6 is 22.9 Å². The molecule has 0 fully saturated rings. The normalized spacial score (nSPS) is 12.4. The van der Waals surface area contributed by atoms with Crippen molar-refractivity contribution in [3.63, 3.8) is 0 Å². The van der Waals surface area contributed by atoms with Crippen molar-refractivity contribution in [3.05, 3.63) is 21.3 Å². The van der Waals surface area contributed by atoms with Crippen LogP contribution in [0.4, 0.5) is 0 Å². The molecular formula is C14H20ClNO3S. The molecule has 0 aliphatic carbocycles. The third-order valence-electron chi connectivity index (χ3n) is 3.27. The molecule has 0 spiro atoms. The van der Waals surface area contributed by atoms with E-state index in [2.05, 4.69) is 19.2 Å². The van der Waals surface area contributed by atoms with Gasteiger partial charge < -0.3 is 10.4 Å². The number of carboxylic acids is 1. The molecule has 0 aromatic carbocycles. The molecule has 20 heavy (non-hydrogen) atoms. The summed E-state index contributed by atoms with van der Waals surface area (Å²) >= 11 is 7.04. The van der Waals surface area contributed by atoms with Gasteiger partial charge in [0.2, 0.25) is 0 Å². The molecule has 6 heteroatoms. The van der Waals surface area contributed by atoms with Gasteiger partial charge >= 0.3 is 5.97 Å². The molecule has 0 bridgehead atoms. The summed E-state index contributed by atoms with van der Waals surface area (Å²) in [5.41, 5.74) is 0. The quantitative estimate of drug-likeness (QED) is 0.769. The molecule has 0 radical (unpaired) electrons. The molecule has 0 saturated carbocycles. The van der Waals surface area contributed by atoms with E-state index in [1.165, 1.54) is 11.3 Å². The first-order valence-corrected chi connectivity index (χ1v) is 7.85. The highest BCUT2D eigenvalue weighted by Crippen LogP contribution is 2.22. The number of rotatable bonds is 8. The summed E-state index contributed by atoms with van der Waals surface area (Å²) in [7, 11) is 0. The van der Waals surface area contributed by atoms with E-state index in [0.717, 1.165) is 6.42 Å². The Bertz CT molecular complexity index is 459. The van der Waals surface area contributed by atoms with E-state index in [4.69, 9.17) is 16.7 Å². The zero-order valence-corrected chi connectivity index (χ0v) is 13.3. The predicted molar refractivity (Wildman–Crippen MR) is 81.5 cm³/mol. The van der Waals surface area contributed by atoms with E-state index in [1.54, 1.807) is 12.1 Å². The van der Waals surface area contributed by atoms with Gasteiger partial charge in [-0.15, -0.1) is 11.3 Å². The topological polar surface area (TPSA) is 66.4 Å². The molecule has 4 nitrogen and oxygen atoms in total. The molecular weight excluding hydrogens is 298 g/mol. The van der Waals surface area contributed by atoms with E-state index in [9.17, 15) is 9.59 Å². The number of carboxylic acid groups (broad SMARTS) is 1. The molecule has 1 aromatic rings. The van der Waals surface area contributed by atoms with Gasteiger partial charge in [0.15, 0.2) is 0 Å². The highest BCUT2D eigenvalue weighted by atomic mass is 35.5. The van der Waals surface area contributed by atoms with Crippen molar-refractivity contribution in [2.45, 2.75) is 33.1 Å². The predicted octanol–water partition coefficient (Wildman–Crippen LogP) is 3.66. The fourth-order valence-corrected chi connectivity index (χ4v) is 2.97. The van der Waals surface area contributed by atoms with Crippen LogP contribution in [0.25, 0.3) is 0 Å². The van der Waals surface area contributed by atoms with Crippen molar-refractivity contribution in [2.75, 3.05) is 6.54 Å². The monoisotopic (exact) mass is 317 g/mol. The molecule has 2 N–H and O–H groups in total. The van der Waals surface area contributed by atoms with Crippen molar-refractivity contribution in [2.24, 2.45) is 11.8 Å². The van der Waals surface area contributed by atoms with Crippen molar-refractivity contribution < 1.29 is 14.7 Å². The van der Waals surface area contributed by atoms with Crippen LogP contribution in [0.5, 0.6) is 0 Å². The average Bonchev–Trinajstić information content (AvgIpc) is 2.79. The number of hydrogen-bond donors (Lipinski definition) is 2. The Morgan fingerprint density at radius 2 is 2.05 bits per heavy atom. The number of halogens is 1. The minimum atomic E-state index is -0.770. The highest BCUT2D eigenvalue weighted by Gasteiger charge is 2.16. The largest absolute Gasteiger partial charge is 0.481 e. The standard InChI is InChI=1S/C14H20ClNO3S/c1-9(2)10(3-6-13(17)18)7-8-16-14(19)11-4-5-12(15)20-11/h4-5,9-10H,3,6-8H2,1-2H3,(H,16,19)(H,17,18). The van der Waals surface area contributed by atoms with Crippen LogP contribution in [0.15, 0.2) is 12.1 Å². The van der Waals surface area contributed by atoms with E-state index in [0.29, 0.717) is 34.0 Å². The second kappa shape index (κ2) is 8.27. The minimum absolute atomic E-state index is 0.123. The molecule has 0 saturated heterocycles. The zero-order valence-electron chi connectivity index (χ0n) is 11.7. The summed E-state index contributed by atoms with van der Waals surface area (Å²) < 4.78 is 0.594. The Labute approximate surface area is 128 Å². The number of nitrogens with one attached hydrogen (secondary N) is 1. The van der Waals surface area contributed by atoms with Gasteiger partial charge in [-0.25, -0.2) is 0 Å². The molecule has 0 aliphatic rings. The van der Waals surface area contributed by atoms with Gasteiger partial charge in [-0.05, 0) is 36.8 Å². The molecule has 1 atom stereocenters. The first kappa shape index (κ1) is 17.0. The maximum atomic E-state index is 11.8. The summed E-state index contributed by atoms with van der Waals surface area (Å²) in [6.45, 7) is 4.71. The Hall–Kier alpha value is -1.07. The van der Waals surface area contributed by atoms with Crippen LogP contribution in [0, 0.1) is 11.8 Å². The highest BCUT2D eigenvalue weighted by molar-refractivity contribution is 7.17. The van der Waals surface area contributed by atoms with E-state index in [1.807, 2.05) is 0 Å². The van der Waals surface area contributed by atoms with Crippen LogP contribution < -0.4 is 5.32 Å². The van der Waals surface area contributed by atoms with Gasteiger partial charge in [0.05, 0.1) is 9.21 Å². The lowest BCUT2D eigenvalue weighted by atomic mass is 9.88. The third-order valence-corrected chi connectivity index (χ3v) is 4.50. The number of aliphatic carboxylic acids is 1. The van der Waals surface area contributed by atoms with Crippen LogP contribution in [-0.2, 0) is 4.79 Å². The van der Waals surface area contributed by atoms with Crippen molar-refractivity contribution >= 4 is 34.8 Å². The number of carbonyl (C=O) groups excluding carboxylic acids is 1. The Balaban J connectivity index is 2.36. The molecule has 1 aromatic heterocycles. The number of thiophene rings is 1. The molecule has 1 heterocycles. The summed E-state index contributed by atoms with van der Waals surface area (Å²) in [4.78, 5) is 23.0. The first-order valence-electron chi connectivity index (χ1n) is 6.65. The smallest absolute Gasteiger partial charge is 0.303 e. The summed E-state index contributed by atoms with van der Waals surface area (Å²) in [5, 5.41) is 11.6. The van der Waals surface area contributed by atoms with E-state index >= 15 is 0 Å². The summed E-state index contributed by atoms with van der Waals surface area (Å²) in [6, 6.07) is 3.40. The third kappa shape index (κ3) is 5.92. The van der Waals surface area contributed by atoms with Crippen molar-refractivity contribution in [3.8, 4) is 0 Å². The maximum Gasteiger partial charge on any atom is 0.303 e. The fourth-order valence-electron chi connectivity index (χ4n) is 2.01. The van der Waals surface area contributed by atoms with Crippen LogP contribution in [0.2, 0.25) is 4.34 Å². The van der Waals surface area contributed by atoms with Gasteiger partial charge in [-0.2, -0.15) is 0 Å². The lowest BCUT2D eigenvalue weighted by molar-refractivity contribution is -0.137. The second-order valence-electron chi connectivity index (χ2n) is 5.08. The van der Waals surface area contributed by atoms with Crippen LogP contribution in [-0.4, -0.2) is 23.5 Å². The van der Waals surface area contributed by atoms with Gasteiger partial charge in [0.1, 0.15) is 0 Å². The lowest BCUT2D eigenvalue weighted by Crippen LogP contribution is -2.26. The Morgan fingerprint density at radius 3 is 2.55 bits per heavy atom. The zero-order chi connectivity index (χ0) is 15.1. The summed E-state index contributed by atoms with van der Waals surface area (Å²) in [5.74, 6) is -0.184. The first-order chi connectivity index (χ1) is 9.40. The van der Waals surface area contributed by atoms with E-state index < -0.39 is 5.97 Å². The van der Waals surface area contributed by atoms with Gasteiger partial charge in [-0.3, -0.25) is 9.59 Å². The van der Waals surface area contributed by atoms with E-state index in [-0.39, 0.29) is 12.3 Å². The molecule has 112 valence electrons. The van der Waals surface area contributed by atoms with Gasteiger partial charge in [0, 0.05) is 13.0 Å².